The molecule has 2 fully saturated rings. The molecule has 0 bridgehead atoms. The van der Waals surface area contributed by atoms with E-state index >= 15 is 0 Å². The molecule has 2 aliphatic carbocycles. The predicted octanol–water partition coefficient (Wildman–Crippen LogP) is 12.6. The highest BCUT2D eigenvalue weighted by Gasteiger charge is 2.34. The maximum Gasteiger partial charge on any atom is 0.0340 e. The molecule has 1 heteroatoms. The van der Waals surface area contributed by atoms with Gasteiger partial charge in [-0.2, -0.15) is 0 Å². The van der Waals surface area contributed by atoms with E-state index in [4.69, 9.17) is 0 Å². The van der Waals surface area contributed by atoms with Crippen molar-refractivity contribution in [1.82, 2.24) is 0 Å². The second kappa shape index (κ2) is 14.6. The highest BCUT2D eigenvalue weighted by molar-refractivity contribution is 7.67. The Balaban J connectivity index is 1.55. The highest BCUT2D eigenvalue weighted by Crippen LogP contribution is 2.57. The lowest BCUT2D eigenvalue weighted by molar-refractivity contribution is 0.487. The molecule has 2 saturated carbocycles. The first kappa shape index (κ1) is 31.3. The molecule has 0 atom stereocenters. The maximum absolute atomic E-state index is 2.59. The average Bonchev–Trinajstić information content (AvgIpc) is 3.07. The summed E-state index contributed by atoms with van der Waals surface area (Å²) in [7, 11) is -0.192. The quantitative estimate of drug-likeness (QED) is 0.132. The standard InChI is InChI=1S/C43H53P/c1-31(2)39-29-35(42(33-19-9-5-10-20-33)34-21-11-6-12-22-34)30-40(32(3)4)43(39)38-27-17-18-28-41(38)44(36-23-13-7-14-24-36)37-25-15-8-16-26-37/h5-6,9-12,17-22,27-32,36-37,42H,7-8,13-16,23-26H2,1-4H3. The summed E-state index contributed by atoms with van der Waals surface area (Å²) in [4.78, 5) is 0. The summed E-state index contributed by atoms with van der Waals surface area (Å²) in [6, 6.07) is 37.3. The van der Waals surface area contributed by atoms with Crippen molar-refractivity contribution in [3.05, 3.63) is 125 Å². The zero-order chi connectivity index (χ0) is 30.5. The SMILES string of the molecule is CC(C)c1cc(C(c2ccccc2)c2ccccc2)cc(C(C)C)c1-c1ccccc1P(C1CCCCC1)C1CCCCC1. The lowest BCUT2D eigenvalue weighted by atomic mass is 9.78. The van der Waals surface area contributed by atoms with Gasteiger partial charge in [0.2, 0.25) is 0 Å². The molecular formula is C43H53P. The van der Waals surface area contributed by atoms with E-state index in [1.807, 2.05) is 0 Å². The fourth-order valence-electron chi connectivity index (χ4n) is 8.29. The topological polar surface area (TPSA) is 0 Å². The Bertz CT molecular complexity index is 1390. The van der Waals surface area contributed by atoms with Gasteiger partial charge in [0.05, 0.1) is 0 Å². The van der Waals surface area contributed by atoms with Crippen molar-refractivity contribution in [2.45, 2.75) is 121 Å². The lowest BCUT2D eigenvalue weighted by Gasteiger charge is -2.40. The van der Waals surface area contributed by atoms with Gasteiger partial charge in [0.15, 0.2) is 0 Å². The first-order valence-electron chi connectivity index (χ1n) is 17.7. The smallest absolute Gasteiger partial charge is 0.0340 e. The average molecular weight is 601 g/mol. The minimum atomic E-state index is -0.192. The summed E-state index contributed by atoms with van der Waals surface area (Å²) in [5, 5.41) is 1.72. The van der Waals surface area contributed by atoms with Crippen LogP contribution in [0.3, 0.4) is 0 Å². The van der Waals surface area contributed by atoms with E-state index < -0.39 is 0 Å². The first-order valence-corrected chi connectivity index (χ1v) is 19.2. The summed E-state index contributed by atoms with van der Waals surface area (Å²) >= 11 is 0. The molecule has 4 aromatic carbocycles. The second-order valence-electron chi connectivity index (χ2n) is 14.1. The van der Waals surface area contributed by atoms with Crippen molar-refractivity contribution in [3.63, 3.8) is 0 Å². The van der Waals surface area contributed by atoms with Crippen LogP contribution >= 0.6 is 7.92 Å². The normalized spacial score (nSPS) is 16.8. The van der Waals surface area contributed by atoms with E-state index in [9.17, 15) is 0 Å². The first-order chi connectivity index (χ1) is 21.5. The molecule has 6 rings (SSSR count). The molecule has 0 unspecified atom stereocenters. The Kier molecular flexibility index (Phi) is 10.4. The van der Waals surface area contributed by atoms with Gasteiger partial charge in [0.25, 0.3) is 0 Å². The monoisotopic (exact) mass is 600 g/mol. The van der Waals surface area contributed by atoms with E-state index in [1.165, 1.54) is 92.0 Å². The number of hydrogen-bond donors (Lipinski definition) is 0. The molecule has 4 aromatic rings. The third-order valence-corrected chi connectivity index (χ3v) is 14.0. The predicted molar refractivity (Wildman–Crippen MR) is 194 cm³/mol. The molecule has 0 saturated heterocycles. The van der Waals surface area contributed by atoms with Crippen LogP contribution < -0.4 is 5.30 Å². The van der Waals surface area contributed by atoms with Crippen LogP contribution in [0.25, 0.3) is 11.1 Å². The Morgan fingerprint density at radius 1 is 0.500 bits per heavy atom. The van der Waals surface area contributed by atoms with E-state index in [-0.39, 0.29) is 13.8 Å². The van der Waals surface area contributed by atoms with E-state index in [1.54, 1.807) is 16.4 Å². The molecule has 0 nitrogen and oxygen atoms in total. The molecule has 44 heavy (non-hydrogen) atoms. The molecule has 2 aliphatic rings. The van der Waals surface area contributed by atoms with Crippen molar-refractivity contribution in [3.8, 4) is 11.1 Å². The van der Waals surface area contributed by atoms with Crippen LogP contribution in [-0.2, 0) is 0 Å². The third kappa shape index (κ3) is 6.77. The second-order valence-corrected chi connectivity index (χ2v) is 16.9. The van der Waals surface area contributed by atoms with Gasteiger partial charge >= 0.3 is 0 Å². The molecule has 0 radical (unpaired) electrons. The molecule has 0 spiro atoms. The van der Waals surface area contributed by atoms with Crippen LogP contribution in [-0.4, -0.2) is 11.3 Å². The van der Waals surface area contributed by atoms with E-state index in [0.29, 0.717) is 11.8 Å². The molecule has 0 N–H and O–H groups in total. The lowest BCUT2D eigenvalue weighted by Crippen LogP contribution is -2.27. The zero-order valence-corrected chi connectivity index (χ0v) is 28.5. The molecule has 0 aliphatic heterocycles. The Labute approximate surface area is 269 Å². The highest BCUT2D eigenvalue weighted by atomic mass is 31.1. The molecule has 0 amide bonds. The minimum Gasteiger partial charge on any atom is -0.0683 e. The van der Waals surface area contributed by atoms with E-state index in [0.717, 1.165) is 11.3 Å². The van der Waals surface area contributed by atoms with Crippen molar-refractivity contribution in [2.75, 3.05) is 0 Å². The van der Waals surface area contributed by atoms with E-state index in [2.05, 4.69) is 125 Å². The molecule has 230 valence electrons. The van der Waals surface area contributed by atoms with Gasteiger partial charge in [-0.25, -0.2) is 0 Å². The number of hydrogen-bond acceptors (Lipinski definition) is 0. The van der Waals surface area contributed by atoms with Crippen LogP contribution in [0, 0.1) is 0 Å². The van der Waals surface area contributed by atoms with Gasteiger partial charge in [-0.1, -0.05) is 171 Å². The summed E-state index contributed by atoms with van der Waals surface area (Å²) < 4.78 is 0. The fourth-order valence-corrected chi connectivity index (χ4v) is 12.2. The molecule has 0 heterocycles. The molecule has 0 aromatic heterocycles. The zero-order valence-electron chi connectivity index (χ0n) is 27.6. The minimum absolute atomic E-state index is 0.192. The summed E-state index contributed by atoms with van der Waals surface area (Å²) in [5.74, 6) is 1.11. The van der Waals surface area contributed by atoms with Crippen LogP contribution in [0.15, 0.2) is 97.1 Å². The Morgan fingerprint density at radius 3 is 1.39 bits per heavy atom. The summed E-state index contributed by atoms with van der Waals surface area (Å²) in [6.45, 7) is 9.67. The van der Waals surface area contributed by atoms with Gasteiger partial charge in [-0.05, 0) is 93.1 Å². The summed E-state index contributed by atoms with van der Waals surface area (Å²) in [5.41, 5.74) is 12.1. The van der Waals surface area contributed by atoms with Crippen LogP contribution in [0.5, 0.6) is 0 Å². The Hall–Kier alpha value is -2.69. The van der Waals surface area contributed by atoms with Crippen LogP contribution in [0.1, 0.15) is 137 Å². The van der Waals surface area contributed by atoms with Gasteiger partial charge in [-0.15, -0.1) is 0 Å². The fraction of sp³-hybridized carbons (Fsp3) is 0.442. The van der Waals surface area contributed by atoms with Crippen molar-refractivity contribution < 1.29 is 0 Å². The van der Waals surface area contributed by atoms with Crippen molar-refractivity contribution in [2.24, 2.45) is 0 Å². The van der Waals surface area contributed by atoms with Gasteiger partial charge < -0.3 is 0 Å². The van der Waals surface area contributed by atoms with Gasteiger partial charge in [0.1, 0.15) is 0 Å². The summed E-state index contributed by atoms with van der Waals surface area (Å²) in [6.07, 6.45) is 14.4. The third-order valence-electron chi connectivity index (χ3n) is 10.5. The van der Waals surface area contributed by atoms with Crippen LogP contribution in [0.2, 0.25) is 0 Å². The number of rotatable bonds is 9. The maximum atomic E-state index is 2.59. The number of benzene rings is 4. The van der Waals surface area contributed by atoms with Crippen molar-refractivity contribution in [1.29, 1.82) is 0 Å². The van der Waals surface area contributed by atoms with Crippen LogP contribution in [0.4, 0.5) is 0 Å². The van der Waals surface area contributed by atoms with Crippen molar-refractivity contribution >= 4 is 13.2 Å². The Morgan fingerprint density at radius 2 is 0.932 bits per heavy atom. The van der Waals surface area contributed by atoms with Gasteiger partial charge in [-0.3, -0.25) is 0 Å². The largest absolute Gasteiger partial charge is 0.0683 e. The van der Waals surface area contributed by atoms with Gasteiger partial charge in [0, 0.05) is 5.92 Å². The molecular weight excluding hydrogens is 547 g/mol.